The molecule has 0 spiro atoms. The Morgan fingerprint density at radius 2 is 1.89 bits per heavy atom. The molecule has 0 unspecified atom stereocenters. The molecule has 1 saturated carbocycles. The third-order valence-corrected chi connectivity index (χ3v) is 6.56. The summed E-state index contributed by atoms with van der Waals surface area (Å²) in [7, 11) is -3.76. The standard InChI is InChI=1S/C17H14Cl2N4O3S/c18-14-4-2-1-3-13(14)17-22-21-16(26-17)10-23(11-5-6-11)27(24,25)12-7-8-15(19)20-9-12/h1-4,7-9,11H,5-6,10H2. The molecule has 0 N–H and O–H groups in total. The molecule has 0 atom stereocenters. The van der Waals surface area contributed by atoms with Crippen LogP contribution in [0.5, 0.6) is 0 Å². The quantitative estimate of drug-likeness (QED) is 0.559. The number of rotatable bonds is 6. The van der Waals surface area contributed by atoms with E-state index in [0.717, 1.165) is 12.8 Å². The van der Waals surface area contributed by atoms with Crippen LogP contribution >= 0.6 is 23.2 Å². The third-order valence-electron chi connectivity index (χ3n) is 4.12. The van der Waals surface area contributed by atoms with Crippen molar-refractivity contribution in [3.05, 3.63) is 58.7 Å². The second-order valence-electron chi connectivity index (χ2n) is 6.08. The number of nitrogens with zero attached hydrogens (tertiary/aromatic N) is 4. The molecular weight excluding hydrogens is 411 g/mol. The minimum atomic E-state index is -3.76. The van der Waals surface area contributed by atoms with Crippen LogP contribution < -0.4 is 0 Å². The molecule has 0 bridgehead atoms. The smallest absolute Gasteiger partial charge is 0.249 e. The Kier molecular flexibility index (Phi) is 4.90. The summed E-state index contributed by atoms with van der Waals surface area (Å²) < 4.78 is 33.0. The molecule has 0 saturated heterocycles. The van der Waals surface area contributed by atoms with Gasteiger partial charge >= 0.3 is 0 Å². The molecule has 0 amide bonds. The summed E-state index contributed by atoms with van der Waals surface area (Å²) in [5, 5.41) is 8.69. The molecular formula is C17H14Cl2N4O3S. The van der Waals surface area contributed by atoms with E-state index >= 15 is 0 Å². The van der Waals surface area contributed by atoms with Gasteiger partial charge in [0.15, 0.2) is 0 Å². The molecule has 27 heavy (non-hydrogen) atoms. The lowest BCUT2D eigenvalue weighted by Crippen LogP contribution is -2.32. The van der Waals surface area contributed by atoms with E-state index in [9.17, 15) is 8.42 Å². The number of halogens is 2. The average Bonchev–Trinajstić information content (AvgIpc) is 3.38. The lowest BCUT2D eigenvalue weighted by molar-refractivity contribution is 0.351. The number of benzene rings is 1. The van der Waals surface area contributed by atoms with Gasteiger partial charge in [0.1, 0.15) is 10.0 Å². The molecule has 2 aromatic heterocycles. The van der Waals surface area contributed by atoms with Gasteiger partial charge in [-0.1, -0.05) is 35.3 Å². The maximum Gasteiger partial charge on any atom is 0.249 e. The Balaban J connectivity index is 1.62. The molecule has 0 aliphatic heterocycles. The topological polar surface area (TPSA) is 89.2 Å². The summed E-state index contributed by atoms with van der Waals surface area (Å²) in [5.41, 5.74) is 0.598. The van der Waals surface area contributed by atoms with E-state index in [4.69, 9.17) is 27.6 Å². The van der Waals surface area contributed by atoms with Crippen molar-refractivity contribution in [3.63, 3.8) is 0 Å². The monoisotopic (exact) mass is 424 g/mol. The van der Waals surface area contributed by atoms with Crippen LogP contribution in [0.2, 0.25) is 10.2 Å². The van der Waals surface area contributed by atoms with Crippen LogP contribution in [0.1, 0.15) is 18.7 Å². The van der Waals surface area contributed by atoms with Crippen molar-refractivity contribution in [2.45, 2.75) is 30.3 Å². The Morgan fingerprint density at radius 3 is 2.56 bits per heavy atom. The van der Waals surface area contributed by atoms with Gasteiger partial charge in [0, 0.05) is 12.2 Å². The molecule has 4 rings (SSSR count). The minimum absolute atomic E-state index is 0.0208. The van der Waals surface area contributed by atoms with Crippen molar-refractivity contribution in [2.24, 2.45) is 0 Å². The van der Waals surface area contributed by atoms with Crippen LogP contribution in [0.4, 0.5) is 0 Å². The van der Waals surface area contributed by atoms with Crippen molar-refractivity contribution in [3.8, 4) is 11.5 Å². The molecule has 7 nitrogen and oxygen atoms in total. The number of hydrogen-bond donors (Lipinski definition) is 0. The predicted molar refractivity (Wildman–Crippen MR) is 99.7 cm³/mol. The van der Waals surface area contributed by atoms with E-state index in [1.807, 2.05) is 0 Å². The molecule has 2 heterocycles. The second kappa shape index (κ2) is 7.20. The largest absolute Gasteiger partial charge is 0.419 e. The molecule has 140 valence electrons. The summed E-state index contributed by atoms with van der Waals surface area (Å²) >= 11 is 11.9. The first-order chi connectivity index (χ1) is 12.9. The van der Waals surface area contributed by atoms with E-state index in [0.29, 0.717) is 10.6 Å². The highest BCUT2D eigenvalue weighted by Gasteiger charge is 2.39. The fraction of sp³-hybridized carbons (Fsp3) is 0.235. The van der Waals surface area contributed by atoms with Crippen LogP contribution in [-0.4, -0.2) is 33.9 Å². The van der Waals surface area contributed by atoms with E-state index in [2.05, 4.69) is 15.2 Å². The third kappa shape index (κ3) is 3.84. The van der Waals surface area contributed by atoms with E-state index < -0.39 is 10.0 Å². The zero-order valence-corrected chi connectivity index (χ0v) is 16.2. The Bertz CT molecular complexity index is 1070. The van der Waals surface area contributed by atoms with Gasteiger partial charge in [-0.15, -0.1) is 10.2 Å². The van der Waals surface area contributed by atoms with Crippen molar-refractivity contribution in [2.75, 3.05) is 0 Å². The summed E-state index contributed by atoms with van der Waals surface area (Å²) in [6, 6.07) is 9.86. The molecule has 0 radical (unpaired) electrons. The van der Waals surface area contributed by atoms with Gasteiger partial charge in [-0.2, -0.15) is 4.31 Å². The highest BCUT2D eigenvalue weighted by Crippen LogP contribution is 2.34. The maximum atomic E-state index is 13.0. The van der Waals surface area contributed by atoms with Gasteiger partial charge in [-0.3, -0.25) is 0 Å². The summed E-state index contributed by atoms with van der Waals surface area (Å²) in [6.45, 7) is -0.0208. The highest BCUT2D eigenvalue weighted by atomic mass is 35.5. The summed E-state index contributed by atoms with van der Waals surface area (Å²) in [5.74, 6) is 0.444. The first-order valence-corrected chi connectivity index (χ1v) is 10.4. The van der Waals surface area contributed by atoms with E-state index in [1.54, 1.807) is 24.3 Å². The number of aromatic nitrogens is 3. The average molecular weight is 425 g/mol. The Labute approximate surface area is 166 Å². The van der Waals surface area contributed by atoms with Gasteiger partial charge in [-0.25, -0.2) is 13.4 Å². The lowest BCUT2D eigenvalue weighted by atomic mass is 10.2. The molecule has 10 heteroatoms. The first-order valence-electron chi connectivity index (χ1n) is 8.16. The minimum Gasteiger partial charge on any atom is -0.419 e. The molecule has 1 fully saturated rings. The van der Waals surface area contributed by atoms with Crippen LogP contribution in [0, 0.1) is 0 Å². The van der Waals surface area contributed by atoms with Gasteiger partial charge in [0.2, 0.25) is 21.8 Å². The molecule has 1 aromatic carbocycles. The van der Waals surface area contributed by atoms with Gasteiger partial charge in [0.05, 0.1) is 17.1 Å². The van der Waals surface area contributed by atoms with Crippen molar-refractivity contribution < 1.29 is 12.8 Å². The van der Waals surface area contributed by atoms with Crippen molar-refractivity contribution in [1.29, 1.82) is 0 Å². The molecule has 1 aliphatic carbocycles. The zero-order valence-electron chi connectivity index (χ0n) is 13.9. The normalized spacial score (nSPS) is 14.6. The Morgan fingerprint density at radius 1 is 1.11 bits per heavy atom. The number of hydrogen-bond acceptors (Lipinski definition) is 6. The van der Waals surface area contributed by atoms with Gasteiger partial charge in [0.25, 0.3) is 0 Å². The second-order valence-corrected chi connectivity index (χ2v) is 8.76. The fourth-order valence-corrected chi connectivity index (χ4v) is 4.53. The highest BCUT2D eigenvalue weighted by molar-refractivity contribution is 7.89. The Hall–Kier alpha value is -2.00. The maximum absolute atomic E-state index is 13.0. The first kappa shape index (κ1) is 18.4. The van der Waals surface area contributed by atoms with Crippen LogP contribution in [-0.2, 0) is 16.6 Å². The summed E-state index contributed by atoms with van der Waals surface area (Å²) in [6.07, 6.45) is 2.81. The summed E-state index contributed by atoms with van der Waals surface area (Å²) in [4.78, 5) is 3.94. The van der Waals surface area contributed by atoms with Crippen molar-refractivity contribution in [1.82, 2.24) is 19.5 Å². The SMILES string of the molecule is O=S(=O)(c1ccc(Cl)nc1)N(Cc1nnc(-c2ccccc2Cl)o1)C1CC1. The lowest BCUT2D eigenvalue weighted by Gasteiger charge is -2.19. The fourth-order valence-electron chi connectivity index (χ4n) is 2.62. The van der Waals surface area contributed by atoms with E-state index in [-0.39, 0.29) is 34.4 Å². The number of pyridine rings is 1. The van der Waals surface area contributed by atoms with E-state index in [1.165, 1.54) is 22.6 Å². The molecule has 3 aromatic rings. The van der Waals surface area contributed by atoms with Gasteiger partial charge < -0.3 is 4.42 Å². The number of sulfonamides is 1. The van der Waals surface area contributed by atoms with Crippen LogP contribution in [0.15, 0.2) is 51.9 Å². The molecule has 1 aliphatic rings. The predicted octanol–water partition coefficient (Wildman–Crippen LogP) is 3.79. The van der Waals surface area contributed by atoms with Crippen molar-refractivity contribution >= 4 is 33.2 Å². The van der Waals surface area contributed by atoms with Gasteiger partial charge in [-0.05, 0) is 37.1 Å². The zero-order chi connectivity index (χ0) is 19.0. The van der Waals surface area contributed by atoms with Crippen LogP contribution in [0.25, 0.3) is 11.5 Å². The van der Waals surface area contributed by atoms with Crippen LogP contribution in [0.3, 0.4) is 0 Å².